The molecule has 0 aromatic heterocycles. The number of ether oxygens (including phenoxy) is 1. The van der Waals surface area contributed by atoms with E-state index in [4.69, 9.17) is 4.74 Å². The van der Waals surface area contributed by atoms with Crippen molar-refractivity contribution in [2.45, 2.75) is 33.2 Å². The number of esters is 1. The van der Waals surface area contributed by atoms with Crippen LogP contribution in [-0.4, -0.2) is 19.1 Å². The van der Waals surface area contributed by atoms with Crippen molar-refractivity contribution in [2.24, 2.45) is 0 Å². The lowest BCUT2D eigenvalue weighted by Gasteiger charge is -2.17. The van der Waals surface area contributed by atoms with Crippen LogP contribution >= 0.6 is 0 Å². The molecule has 1 unspecified atom stereocenters. The summed E-state index contributed by atoms with van der Waals surface area (Å²) in [6.07, 6.45) is 0.708. The highest BCUT2D eigenvalue weighted by Crippen LogP contribution is 2.18. The predicted molar refractivity (Wildman–Crippen MR) is 65.6 cm³/mol. The minimum absolute atomic E-state index is 0.219. The van der Waals surface area contributed by atoms with Crippen LogP contribution in [-0.2, 0) is 9.53 Å². The minimum Gasteiger partial charge on any atom is -0.467 e. The maximum Gasteiger partial charge on any atom is 0.328 e. The Labute approximate surface area is 96.8 Å². The van der Waals surface area contributed by atoms with Crippen LogP contribution in [0, 0.1) is 13.8 Å². The van der Waals surface area contributed by atoms with E-state index >= 15 is 0 Å². The van der Waals surface area contributed by atoms with E-state index in [1.165, 1.54) is 12.7 Å². The molecule has 1 aromatic carbocycles. The number of rotatable bonds is 4. The van der Waals surface area contributed by atoms with Gasteiger partial charge in [-0.3, -0.25) is 0 Å². The molecule has 16 heavy (non-hydrogen) atoms. The Morgan fingerprint density at radius 2 is 2.12 bits per heavy atom. The molecule has 88 valence electrons. The van der Waals surface area contributed by atoms with Gasteiger partial charge < -0.3 is 10.1 Å². The summed E-state index contributed by atoms with van der Waals surface area (Å²) in [6.45, 7) is 6.01. The number of hydrogen-bond acceptors (Lipinski definition) is 3. The van der Waals surface area contributed by atoms with E-state index in [1.807, 2.05) is 32.9 Å². The van der Waals surface area contributed by atoms with Gasteiger partial charge in [0, 0.05) is 5.69 Å². The molecule has 1 aromatic rings. The normalized spacial score (nSPS) is 12.0. The Balaban J connectivity index is 2.85. The van der Waals surface area contributed by atoms with E-state index in [0.717, 1.165) is 11.3 Å². The van der Waals surface area contributed by atoms with E-state index in [2.05, 4.69) is 11.4 Å². The van der Waals surface area contributed by atoms with Crippen molar-refractivity contribution in [2.75, 3.05) is 12.4 Å². The van der Waals surface area contributed by atoms with Gasteiger partial charge in [-0.1, -0.05) is 19.1 Å². The van der Waals surface area contributed by atoms with Crippen LogP contribution in [0.25, 0.3) is 0 Å². The summed E-state index contributed by atoms with van der Waals surface area (Å²) in [6, 6.07) is 5.87. The third kappa shape index (κ3) is 2.99. The summed E-state index contributed by atoms with van der Waals surface area (Å²) in [5.74, 6) is -0.219. The molecule has 0 heterocycles. The second-order valence-electron chi connectivity index (χ2n) is 3.95. The fraction of sp³-hybridized carbons (Fsp3) is 0.462. The number of benzene rings is 1. The van der Waals surface area contributed by atoms with Crippen molar-refractivity contribution in [3.8, 4) is 0 Å². The van der Waals surface area contributed by atoms with Crippen LogP contribution in [0.15, 0.2) is 18.2 Å². The number of carbonyl (C=O) groups excluding carboxylic acids is 1. The molecule has 0 radical (unpaired) electrons. The lowest BCUT2D eigenvalue weighted by atomic mass is 10.1. The highest BCUT2D eigenvalue weighted by atomic mass is 16.5. The molecule has 3 heteroatoms. The molecule has 1 rings (SSSR count). The minimum atomic E-state index is -0.273. The second kappa shape index (κ2) is 5.54. The first-order valence-corrected chi connectivity index (χ1v) is 5.50. The van der Waals surface area contributed by atoms with Crippen molar-refractivity contribution in [3.63, 3.8) is 0 Å². The molecular weight excluding hydrogens is 202 g/mol. The van der Waals surface area contributed by atoms with Crippen LogP contribution < -0.4 is 5.32 Å². The molecule has 0 aliphatic rings. The summed E-state index contributed by atoms with van der Waals surface area (Å²) in [4.78, 5) is 11.5. The van der Waals surface area contributed by atoms with Crippen molar-refractivity contribution >= 4 is 11.7 Å². The lowest BCUT2D eigenvalue weighted by Crippen LogP contribution is -2.30. The average Bonchev–Trinajstić information content (AvgIpc) is 2.29. The summed E-state index contributed by atoms with van der Waals surface area (Å²) < 4.78 is 4.74. The molecule has 1 N–H and O–H groups in total. The van der Waals surface area contributed by atoms with Gasteiger partial charge >= 0.3 is 5.97 Å². The van der Waals surface area contributed by atoms with Gasteiger partial charge in [-0.2, -0.15) is 0 Å². The standard InChI is InChI=1S/C13H19NO2/c1-5-11(13(15)16-4)14-12-8-9(2)6-7-10(12)3/h6-8,11,14H,5H2,1-4H3. The van der Waals surface area contributed by atoms with E-state index < -0.39 is 0 Å². The van der Waals surface area contributed by atoms with Crippen LogP contribution in [0.3, 0.4) is 0 Å². The highest BCUT2D eigenvalue weighted by Gasteiger charge is 2.16. The fourth-order valence-corrected chi connectivity index (χ4v) is 1.55. The van der Waals surface area contributed by atoms with Crippen molar-refractivity contribution in [3.05, 3.63) is 29.3 Å². The van der Waals surface area contributed by atoms with Gasteiger partial charge in [0.25, 0.3) is 0 Å². The largest absolute Gasteiger partial charge is 0.467 e. The predicted octanol–water partition coefficient (Wildman–Crippen LogP) is 2.67. The summed E-state index contributed by atoms with van der Waals surface area (Å²) in [5.41, 5.74) is 3.30. The zero-order valence-electron chi connectivity index (χ0n) is 10.3. The molecule has 0 fully saturated rings. The molecule has 0 aliphatic heterocycles. The Bertz CT molecular complexity index is 374. The van der Waals surface area contributed by atoms with Crippen LogP contribution in [0.5, 0.6) is 0 Å². The molecule has 3 nitrogen and oxygen atoms in total. The number of methoxy groups -OCH3 is 1. The van der Waals surface area contributed by atoms with Crippen LogP contribution in [0.2, 0.25) is 0 Å². The van der Waals surface area contributed by atoms with Gasteiger partial charge in [0.15, 0.2) is 0 Å². The van der Waals surface area contributed by atoms with E-state index in [1.54, 1.807) is 0 Å². The van der Waals surface area contributed by atoms with Crippen LogP contribution in [0.1, 0.15) is 24.5 Å². The first-order valence-electron chi connectivity index (χ1n) is 5.50. The molecule has 1 atom stereocenters. The van der Waals surface area contributed by atoms with E-state index in [9.17, 15) is 4.79 Å². The van der Waals surface area contributed by atoms with Gasteiger partial charge in [-0.25, -0.2) is 4.79 Å². The monoisotopic (exact) mass is 221 g/mol. The fourth-order valence-electron chi connectivity index (χ4n) is 1.55. The SMILES string of the molecule is CCC(Nc1cc(C)ccc1C)C(=O)OC. The third-order valence-corrected chi connectivity index (χ3v) is 2.62. The molecule has 0 saturated carbocycles. The average molecular weight is 221 g/mol. The van der Waals surface area contributed by atoms with Crippen molar-refractivity contribution in [1.82, 2.24) is 0 Å². The zero-order valence-corrected chi connectivity index (χ0v) is 10.3. The van der Waals surface area contributed by atoms with Crippen molar-refractivity contribution in [1.29, 1.82) is 0 Å². The Hall–Kier alpha value is -1.51. The van der Waals surface area contributed by atoms with E-state index in [0.29, 0.717) is 6.42 Å². The third-order valence-electron chi connectivity index (χ3n) is 2.62. The summed E-state index contributed by atoms with van der Waals surface area (Å²) in [7, 11) is 1.41. The topological polar surface area (TPSA) is 38.3 Å². The number of aryl methyl sites for hydroxylation is 2. The van der Waals surface area contributed by atoms with Gasteiger partial charge in [-0.15, -0.1) is 0 Å². The van der Waals surface area contributed by atoms with Crippen LogP contribution in [0.4, 0.5) is 5.69 Å². The number of carbonyl (C=O) groups is 1. The second-order valence-corrected chi connectivity index (χ2v) is 3.95. The maximum absolute atomic E-state index is 11.5. The van der Waals surface area contributed by atoms with Gasteiger partial charge in [-0.05, 0) is 37.5 Å². The maximum atomic E-state index is 11.5. The van der Waals surface area contributed by atoms with Crippen molar-refractivity contribution < 1.29 is 9.53 Å². The molecule has 0 spiro atoms. The van der Waals surface area contributed by atoms with Gasteiger partial charge in [0.05, 0.1) is 7.11 Å². The van der Waals surface area contributed by atoms with E-state index in [-0.39, 0.29) is 12.0 Å². The van der Waals surface area contributed by atoms with Gasteiger partial charge in [0.1, 0.15) is 6.04 Å². The zero-order chi connectivity index (χ0) is 12.1. The number of nitrogens with one attached hydrogen (secondary N) is 1. The molecule has 0 saturated heterocycles. The number of hydrogen-bond donors (Lipinski definition) is 1. The Morgan fingerprint density at radius 1 is 1.44 bits per heavy atom. The summed E-state index contributed by atoms with van der Waals surface area (Å²) in [5, 5.41) is 3.21. The Morgan fingerprint density at radius 3 is 2.69 bits per heavy atom. The number of anilines is 1. The molecule has 0 aliphatic carbocycles. The molecular formula is C13H19NO2. The molecule has 0 amide bonds. The summed E-state index contributed by atoms with van der Waals surface area (Å²) >= 11 is 0. The first kappa shape index (κ1) is 12.6. The first-order chi connectivity index (χ1) is 7.58. The molecule has 0 bridgehead atoms. The quantitative estimate of drug-likeness (QED) is 0.794. The lowest BCUT2D eigenvalue weighted by molar-refractivity contribution is -0.141. The smallest absolute Gasteiger partial charge is 0.328 e. The Kier molecular flexibility index (Phi) is 4.35. The van der Waals surface area contributed by atoms with Gasteiger partial charge in [0.2, 0.25) is 0 Å². The highest BCUT2D eigenvalue weighted by molar-refractivity contribution is 5.79.